The van der Waals surface area contributed by atoms with Gasteiger partial charge in [0.2, 0.25) is 0 Å². The van der Waals surface area contributed by atoms with Crippen molar-refractivity contribution in [1.82, 2.24) is 10.2 Å². The van der Waals surface area contributed by atoms with Crippen molar-refractivity contribution in [3.8, 4) is 16.9 Å². The molecule has 2 aromatic carbocycles. The van der Waals surface area contributed by atoms with Crippen molar-refractivity contribution in [2.75, 3.05) is 26.7 Å². The van der Waals surface area contributed by atoms with Crippen molar-refractivity contribution >= 4 is 5.91 Å². The Morgan fingerprint density at radius 3 is 2.84 bits per heavy atom. The van der Waals surface area contributed by atoms with E-state index in [1.807, 2.05) is 29.2 Å². The van der Waals surface area contributed by atoms with Crippen molar-refractivity contribution in [3.63, 3.8) is 0 Å². The van der Waals surface area contributed by atoms with Crippen LogP contribution in [0.4, 0.5) is 4.39 Å². The fourth-order valence-corrected chi connectivity index (χ4v) is 3.94. The highest BCUT2D eigenvalue weighted by Gasteiger charge is 2.40. The summed E-state index contributed by atoms with van der Waals surface area (Å²) in [6, 6.07) is 12.6. The molecule has 2 aliphatic heterocycles. The number of hydrogen-bond acceptors (Lipinski definition) is 3. The number of methoxy groups -OCH3 is 1. The molecule has 2 fully saturated rings. The minimum absolute atomic E-state index is 0.0621. The molecule has 0 aromatic heterocycles. The van der Waals surface area contributed by atoms with E-state index >= 15 is 0 Å². The molecule has 0 saturated carbocycles. The minimum Gasteiger partial charge on any atom is -0.494 e. The normalized spacial score (nSPS) is 22.1. The molecule has 130 valence electrons. The van der Waals surface area contributed by atoms with E-state index in [1.165, 1.54) is 13.2 Å². The SMILES string of the molecule is COc1ccc(-c2cccc(C(=O)N3CCC4CNCC43)c2)cc1F. The smallest absolute Gasteiger partial charge is 0.254 e. The van der Waals surface area contributed by atoms with Crippen LogP contribution in [0.3, 0.4) is 0 Å². The van der Waals surface area contributed by atoms with Crippen LogP contribution in [0.2, 0.25) is 0 Å². The molecule has 5 heteroatoms. The quantitative estimate of drug-likeness (QED) is 0.934. The van der Waals surface area contributed by atoms with Gasteiger partial charge in [-0.2, -0.15) is 0 Å². The average molecular weight is 340 g/mol. The van der Waals surface area contributed by atoms with Gasteiger partial charge in [-0.05, 0) is 47.7 Å². The van der Waals surface area contributed by atoms with Crippen LogP contribution < -0.4 is 10.1 Å². The lowest BCUT2D eigenvalue weighted by atomic mass is 10.0. The summed E-state index contributed by atoms with van der Waals surface area (Å²) in [5, 5.41) is 3.37. The number of carbonyl (C=O) groups excluding carboxylic acids is 1. The van der Waals surface area contributed by atoms with Crippen molar-refractivity contribution in [2.24, 2.45) is 5.92 Å². The highest BCUT2D eigenvalue weighted by molar-refractivity contribution is 5.96. The van der Waals surface area contributed by atoms with Crippen LogP contribution >= 0.6 is 0 Å². The van der Waals surface area contributed by atoms with E-state index < -0.39 is 5.82 Å². The Morgan fingerprint density at radius 2 is 2.04 bits per heavy atom. The molecule has 0 radical (unpaired) electrons. The van der Waals surface area contributed by atoms with Crippen molar-refractivity contribution in [1.29, 1.82) is 0 Å². The van der Waals surface area contributed by atoms with Crippen LogP contribution in [0.1, 0.15) is 16.8 Å². The van der Waals surface area contributed by atoms with Gasteiger partial charge >= 0.3 is 0 Å². The van der Waals surface area contributed by atoms with E-state index in [2.05, 4.69) is 5.32 Å². The van der Waals surface area contributed by atoms with E-state index in [0.717, 1.165) is 37.2 Å². The topological polar surface area (TPSA) is 41.6 Å². The molecule has 4 nitrogen and oxygen atoms in total. The third-order valence-corrected chi connectivity index (χ3v) is 5.30. The number of ether oxygens (including phenoxy) is 1. The van der Waals surface area contributed by atoms with Crippen LogP contribution in [0.5, 0.6) is 5.75 Å². The monoisotopic (exact) mass is 340 g/mol. The molecule has 2 unspecified atom stereocenters. The number of halogens is 1. The fourth-order valence-electron chi connectivity index (χ4n) is 3.94. The molecule has 2 atom stereocenters. The lowest BCUT2D eigenvalue weighted by molar-refractivity contribution is 0.0737. The van der Waals surface area contributed by atoms with E-state index in [1.54, 1.807) is 12.1 Å². The number of fused-ring (bicyclic) bond motifs is 1. The van der Waals surface area contributed by atoms with Gasteiger partial charge in [-0.15, -0.1) is 0 Å². The summed E-state index contributed by atoms with van der Waals surface area (Å²) in [5.74, 6) is 0.443. The van der Waals surface area contributed by atoms with Crippen LogP contribution in [-0.2, 0) is 0 Å². The molecule has 2 aliphatic rings. The number of rotatable bonds is 3. The first kappa shape index (κ1) is 16.1. The number of carbonyl (C=O) groups is 1. The molecular formula is C20H21FN2O2. The van der Waals surface area contributed by atoms with Gasteiger partial charge in [-0.25, -0.2) is 4.39 Å². The Balaban J connectivity index is 1.61. The fraction of sp³-hybridized carbons (Fsp3) is 0.350. The first-order valence-electron chi connectivity index (χ1n) is 8.63. The van der Waals surface area contributed by atoms with Gasteiger partial charge in [0.15, 0.2) is 11.6 Å². The van der Waals surface area contributed by atoms with Crippen molar-refractivity contribution in [3.05, 3.63) is 53.8 Å². The lowest BCUT2D eigenvalue weighted by Gasteiger charge is -2.23. The summed E-state index contributed by atoms with van der Waals surface area (Å²) >= 11 is 0. The first-order chi connectivity index (χ1) is 12.2. The van der Waals surface area contributed by atoms with Gasteiger partial charge in [0.25, 0.3) is 5.91 Å². The largest absolute Gasteiger partial charge is 0.494 e. The Bertz CT molecular complexity index is 808. The summed E-state index contributed by atoms with van der Waals surface area (Å²) in [5.41, 5.74) is 2.21. The van der Waals surface area contributed by atoms with E-state index in [4.69, 9.17) is 4.74 Å². The van der Waals surface area contributed by atoms with E-state index in [0.29, 0.717) is 17.5 Å². The Kier molecular flexibility index (Phi) is 4.17. The van der Waals surface area contributed by atoms with Gasteiger partial charge in [0.05, 0.1) is 7.11 Å². The van der Waals surface area contributed by atoms with Gasteiger partial charge in [-0.1, -0.05) is 18.2 Å². The molecule has 2 saturated heterocycles. The predicted molar refractivity (Wildman–Crippen MR) is 94.2 cm³/mol. The number of nitrogens with zero attached hydrogens (tertiary/aromatic N) is 1. The van der Waals surface area contributed by atoms with Gasteiger partial charge in [0.1, 0.15) is 0 Å². The van der Waals surface area contributed by atoms with Gasteiger partial charge in [-0.3, -0.25) is 4.79 Å². The molecular weight excluding hydrogens is 319 g/mol. The van der Waals surface area contributed by atoms with Gasteiger partial charge < -0.3 is 15.0 Å². The van der Waals surface area contributed by atoms with Crippen LogP contribution in [0.25, 0.3) is 11.1 Å². The maximum Gasteiger partial charge on any atom is 0.254 e. The highest BCUT2D eigenvalue weighted by atomic mass is 19.1. The third-order valence-electron chi connectivity index (χ3n) is 5.30. The molecule has 1 N–H and O–H groups in total. The Morgan fingerprint density at radius 1 is 1.20 bits per heavy atom. The van der Waals surface area contributed by atoms with Crippen LogP contribution in [0.15, 0.2) is 42.5 Å². The number of likely N-dealkylation sites (tertiary alicyclic amines) is 1. The zero-order valence-electron chi connectivity index (χ0n) is 14.2. The number of amides is 1. The zero-order chi connectivity index (χ0) is 17.4. The van der Waals surface area contributed by atoms with Crippen LogP contribution in [-0.4, -0.2) is 43.6 Å². The van der Waals surface area contributed by atoms with Crippen LogP contribution in [0, 0.1) is 11.7 Å². The molecule has 0 bridgehead atoms. The first-order valence-corrected chi connectivity index (χ1v) is 8.63. The second-order valence-electron chi connectivity index (χ2n) is 6.70. The lowest BCUT2D eigenvalue weighted by Crippen LogP contribution is -2.39. The summed E-state index contributed by atoms with van der Waals surface area (Å²) < 4.78 is 18.9. The maximum atomic E-state index is 14.0. The second kappa shape index (κ2) is 6.48. The summed E-state index contributed by atoms with van der Waals surface area (Å²) in [4.78, 5) is 14.9. The standard InChI is InChI=1S/C20H21FN2O2/c1-25-19-6-5-14(10-17(19)21)13-3-2-4-15(9-13)20(24)23-8-7-16-11-22-12-18(16)23/h2-6,9-10,16,18,22H,7-8,11-12H2,1H3. The molecule has 2 aromatic rings. The number of hydrogen-bond donors (Lipinski definition) is 1. The average Bonchev–Trinajstić information content (AvgIpc) is 3.25. The molecule has 4 rings (SSSR count). The summed E-state index contributed by atoms with van der Waals surface area (Å²) in [6.07, 6.45) is 1.06. The molecule has 0 aliphatic carbocycles. The summed E-state index contributed by atoms with van der Waals surface area (Å²) in [6.45, 7) is 2.69. The number of nitrogens with one attached hydrogen (secondary N) is 1. The maximum absolute atomic E-state index is 14.0. The van der Waals surface area contributed by atoms with Crippen molar-refractivity contribution in [2.45, 2.75) is 12.5 Å². The third kappa shape index (κ3) is 2.89. The van der Waals surface area contributed by atoms with Crippen molar-refractivity contribution < 1.29 is 13.9 Å². The predicted octanol–water partition coefficient (Wildman–Crippen LogP) is 2.94. The Labute approximate surface area is 146 Å². The van der Waals surface area contributed by atoms with E-state index in [-0.39, 0.29) is 11.7 Å². The molecule has 25 heavy (non-hydrogen) atoms. The minimum atomic E-state index is -0.406. The molecule has 2 heterocycles. The number of benzene rings is 2. The molecule has 0 spiro atoms. The zero-order valence-corrected chi connectivity index (χ0v) is 14.2. The highest BCUT2D eigenvalue weighted by Crippen LogP contribution is 2.30. The molecule has 1 amide bonds. The van der Waals surface area contributed by atoms with E-state index in [9.17, 15) is 9.18 Å². The Hall–Kier alpha value is -2.40. The van der Waals surface area contributed by atoms with Gasteiger partial charge in [0, 0.05) is 31.2 Å². The second-order valence-corrected chi connectivity index (χ2v) is 6.70. The summed E-state index contributed by atoms with van der Waals surface area (Å²) in [7, 11) is 1.44.